The minimum absolute atomic E-state index is 0.0237. The van der Waals surface area contributed by atoms with E-state index < -0.39 is 17.4 Å². The molecule has 2 amide bonds. The number of carbonyl (C=O) groups is 2. The standard InChI is InChI=1S/C15H20N2O2/c1-10-9-11-7-5-6-8-12(11)17(10)14(19)13(18)16-15(2,3)4/h5-8,10H,9H2,1-4H3,(H,16,18). The lowest BCUT2D eigenvalue weighted by Crippen LogP contribution is -2.51. The molecule has 1 atom stereocenters. The number of nitrogens with one attached hydrogen (secondary N) is 1. The SMILES string of the molecule is CC1Cc2ccccc2N1C(=O)C(=O)NC(C)(C)C. The highest BCUT2D eigenvalue weighted by molar-refractivity contribution is 6.40. The van der Waals surface area contributed by atoms with E-state index in [0.29, 0.717) is 0 Å². The van der Waals surface area contributed by atoms with Gasteiger partial charge in [-0.05, 0) is 45.7 Å². The quantitative estimate of drug-likeness (QED) is 0.724. The Morgan fingerprint density at radius 3 is 2.53 bits per heavy atom. The van der Waals surface area contributed by atoms with E-state index in [2.05, 4.69) is 5.32 Å². The lowest BCUT2D eigenvalue weighted by atomic mass is 10.1. The summed E-state index contributed by atoms with van der Waals surface area (Å²) in [7, 11) is 0. The van der Waals surface area contributed by atoms with Gasteiger partial charge in [0.2, 0.25) is 0 Å². The maximum absolute atomic E-state index is 12.3. The fourth-order valence-electron chi connectivity index (χ4n) is 2.38. The van der Waals surface area contributed by atoms with Gasteiger partial charge in [-0.15, -0.1) is 0 Å². The van der Waals surface area contributed by atoms with Crippen molar-refractivity contribution in [3.8, 4) is 0 Å². The third kappa shape index (κ3) is 2.78. The Balaban J connectivity index is 2.23. The van der Waals surface area contributed by atoms with Crippen molar-refractivity contribution in [2.45, 2.75) is 45.7 Å². The van der Waals surface area contributed by atoms with Crippen LogP contribution in [-0.4, -0.2) is 23.4 Å². The Hall–Kier alpha value is -1.84. The molecule has 1 N–H and O–H groups in total. The highest BCUT2D eigenvalue weighted by Crippen LogP contribution is 2.31. The smallest absolute Gasteiger partial charge is 0.316 e. The Morgan fingerprint density at radius 2 is 1.89 bits per heavy atom. The van der Waals surface area contributed by atoms with Gasteiger partial charge in [0.1, 0.15) is 0 Å². The molecule has 4 nitrogen and oxygen atoms in total. The molecule has 0 spiro atoms. The van der Waals surface area contributed by atoms with Crippen molar-refractivity contribution in [3.05, 3.63) is 29.8 Å². The van der Waals surface area contributed by atoms with E-state index in [4.69, 9.17) is 0 Å². The average Bonchev–Trinajstić information content (AvgIpc) is 2.61. The Morgan fingerprint density at radius 1 is 1.26 bits per heavy atom. The van der Waals surface area contributed by atoms with E-state index in [9.17, 15) is 9.59 Å². The lowest BCUT2D eigenvalue weighted by Gasteiger charge is -2.25. The van der Waals surface area contributed by atoms with Crippen LogP contribution in [0.1, 0.15) is 33.3 Å². The van der Waals surface area contributed by atoms with Crippen molar-refractivity contribution in [1.29, 1.82) is 0 Å². The van der Waals surface area contributed by atoms with E-state index in [-0.39, 0.29) is 6.04 Å². The number of para-hydroxylation sites is 1. The zero-order valence-corrected chi connectivity index (χ0v) is 11.9. The molecule has 0 radical (unpaired) electrons. The van der Waals surface area contributed by atoms with E-state index in [1.807, 2.05) is 52.0 Å². The molecular weight excluding hydrogens is 240 g/mol. The van der Waals surface area contributed by atoms with Crippen LogP contribution in [0.4, 0.5) is 5.69 Å². The lowest BCUT2D eigenvalue weighted by molar-refractivity contribution is -0.138. The zero-order chi connectivity index (χ0) is 14.2. The Kier molecular flexibility index (Phi) is 3.35. The summed E-state index contributed by atoms with van der Waals surface area (Å²) in [6.45, 7) is 7.54. The molecule has 0 bridgehead atoms. The largest absolute Gasteiger partial charge is 0.343 e. The fourth-order valence-corrected chi connectivity index (χ4v) is 2.38. The van der Waals surface area contributed by atoms with E-state index in [1.54, 1.807) is 4.90 Å². The number of amides is 2. The van der Waals surface area contributed by atoms with Crippen molar-refractivity contribution >= 4 is 17.5 Å². The van der Waals surface area contributed by atoms with Crippen LogP contribution >= 0.6 is 0 Å². The molecule has 1 aromatic rings. The summed E-state index contributed by atoms with van der Waals surface area (Å²) in [5, 5.41) is 2.72. The van der Waals surface area contributed by atoms with Gasteiger partial charge in [-0.2, -0.15) is 0 Å². The number of hydrogen-bond acceptors (Lipinski definition) is 2. The second-order valence-corrected chi connectivity index (χ2v) is 6.06. The van der Waals surface area contributed by atoms with Crippen LogP contribution in [0.5, 0.6) is 0 Å². The van der Waals surface area contributed by atoms with Gasteiger partial charge in [0.05, 0.1) is 0 Å². The van der Waals surface area contributed by atoms with Crippen LogP contribution < -0.4 is 10.2 Å². The molecule has 102 valence electrons. The normalized spacial score (nSPS) is 18.1. The van der Waals surface area contributed by atoms with Crippen molar-refractivity contribution in [3.63, 3.8) is 0 Å². The third-order valence-corrected chi connectivity index (χ3v) is 3.11. The first-order chi connectivity index (χ1) is 8.79. The molecule has 1 aliphatic rings. The predicted octanol–water partition coefficient (Wildman–Crippen LogP) is 1.88. The monoisotopic (exact) mass is 260 g/mol. The number of rotatable bonds is 0. The summed E-state index contributed by atoms with van der Waals surface area (Å²) in [6, 6.07) is 7.76. The van der Waals surface area contributed by atoms with Crippen LogP contribution in [0, 0.1) is 0 Å². The van der Waals surface area contributed by atoms with Gasteiger partial charge < -0.3 is 10.2 Å². The molecule has 0 saturated carbocycles. The summed E-state index contributed by atoms with van der Waals surface area (Å²) in [4.78, 5) is 25.9. The number of carbonyl (C=O) groups excluding carboxylic acids is 2. The maximum atomic E-state index is 12.3. The molecule has 0 saturated heterocycles. The van der Waals surface area contributed by atoms with E-state index >= 15 is 0 Å². The van der Waals surface area contributed by atoms with Crippen LogP contribution in [0.3, 0.4) is 0 Å². The fraction of sp³-hybridized carbons (Fsp3) is 0.467. The van der Waals surface area contributed by atoms with Gasteiger partial charge >= 0.3 is 11.8 Å². The van der Waals surface area contributed by atoms with Crippen LogP contribution in [0.2, 0.25) is 0 Å². The summed E-state index contributed by atoms with van der Waals surface area (Å²) < 4.78 is 0. The maximum Gasteiger partial charge on any atom is 0.316 e. The van der Waals surface area contributed by atoms with Crippen LogP contribution in [-0.2, 0) is 16.0 Å². The molecular formula is C15H20N2O2. The van der Waals surface area contributed by atoms with Gasteiger partial charge in [-0.25, -0.2) is 0 Å². The molecule has 1 heterocycles. The number of nitrogens with zero attached hydrogens (tertiary/aromatic N) is 1. The Bertz CT molecular complexity index is 517. The van der Waals surface area contributed by atoms with Gasteiger partial charge in [0, 0.05) is 17.3 Å². The second-order valence-electron chi connectivity index (χ2n) is 6.06. The molecule has 1 unspecified atom stereocenters. The molecule has 4 heteroatoms. The molecule has 0 aromatic heterocycles. The van der Waals surface area contributed by atoms with Crippen molar-refractivity contribution in [2.75, 3.05) is 4.90 Å². The molecule has 1 aromatic carbocycles. The number of benzene rings is 1. The zero-order valence-electron chi connectivity index (χ0n) is 11.9. The van der Waals surface area contributed by atoms with Gasteiger partial charge in [0.15, 0.2) is 0 Å². The minimum Gasteiger partial charge on any atom is -0.343 e. The van der Waals surface area contributed by atoms with Gasteiger partial charge in [-0.1, -0.05) is 18.2 Å². The number of hydrogen-bond donors (Lipinski definition) is 1. The summed E-state index contributed by atoms with van der Waals surface area (Å²) in [6.07, 6.45) is 0.796. The first kappa shape index (κ1) is 13.6. The molecule has 0 fully saturated rings. The predicted molar refractivity (Wildman–Crippen MR) is 75.0 cm³/mol. The average molecular weight is 260 g/mol. The third-order valence-electron chi connectivity index (χ3n) is 3.11. The number of anilines is 1. The first-order valence-electron chi connectivity index (χ1n) is 6.53. The highest BCUT2D eigenvalue weighted by atomic mass is 16.2. The highest BCUT2D eigenvalue weighted by Gasteiger charge is 2.34. The molecule has 0 aliphatic carbocycles. The second kappa shape index (κ2) is 4.68. The summed E-state index contributed by atoms with van der Waals surface area (Å²) in [5.41, 5.74) is 1.56. The van der Waals surface area contributed by atoms with E-state index in [1.165, 1.54) is 0 Å². The van der Waals surface area contributed by atoms with Crippen molar-refractivity contribution < 1.29 is 9.59 Å². The van der Waals surface area contributed by atoms with E-state index in [0.717, 1.165) is 17.7 Å². The topological polar surface area (TPSA) is 49.4 Å². The first-order valence-corrected chi connectivity index (χ1v) is 6.53. The summed E-state index contributed by atoms with van der Waals surface area (Å²) >= 11 is 0. The van der Waals surface area contributed by atoms with Crippen molar-refractivity contribution in [2.24, 2.45) is 0 Å². The minimum atomic E-state index is -0.545. The van der Waals surface area contributed by atoms with Crippen LogP contribution in [0.15, 0.2) is 24.3 Å². The molecule has 19 heavy (non-hydrogen) atoms. The number of fused-ring (bicyclic) bond motifs is 1. The van der Waals surface area contributed by atoms with Crippen molar-refractivity contribution in [1.82, 2.24) is 5.32 Å². The van der Waals surface area contributed by atoms with Gasteiger partial charge in [0.25, 0.3) is 0 Å². The molecule has 2 rings (SSSR count). The molecule has 1 aliphatic heterocycles. The Labute approximate surface area is 113 Å². The van der Waals surface area contributed by atoms with Crippen LogP contribution in [0.25, 0.3) is 0 Å². The van der Waals surface area contributed by atoms with Gasteiger partial charge in [-0.3, -0.25) is 9.59 Å². The summed E-state index contributed by atoms with van der Waals surface area (Å²) in [5.74, 6) is -1.02.